The van der Waals surface area contributed by atoms with Gasteiger partial charge in [-0.1, -0.05) is 0 Å². The van der Waals surface area contributed by atoms with Gasteiger partial charge in [0, 0.05) is 46.7 Å². The van der Waals surface area contributed by atoms with E-state index < -0.39 is 27.0 Å². The maximum absolute atomic E-state index is 10.4. The van der Waals surface area contributed by atoms with Crippen molar-refractivity contribution < 1.29 is 23.3 Å². The Balaban J connectivity index is 1.79. The SMILES string of the molecule is CC(C)N(C(C)C)P(OCCC#N)OC1CC(n2nc(-c3ccco3)c3c(/N=C\N(C)C)nc(/N=C/N(C)C)nc32)OC1CO. The van der Waals surface area contributed by atoms with Crippen LogP contribution < -0.4 is 0 Å². The highest BCUT2D eigenvalue weighted by molar-refractivity contribution is 7.44. The van der Waals surface area contributed by atoms with Crippen LogP contribution in [0.1, 0.15) is 46.8 Å². The van der Waals surface area contributed by atoms with Crippen LogP contribution in [0.15, 0.2) is 32.8 Å². The van der Waals surface area contributed by atoms with Gasteiger partial charge < -0.3 is 33.1 Å². The van der Waals surface area contributed by atoms with E-state index in [4.69, 9.17) is 33.5 Å². The number of nitriles is 1. The van der Waals surface area contributed by atoms with Crippen LogP contribution in [0.2, 0.25) is 0 Å². The van der Waals surface area contributed by atoms with Gasteiger partial charge in [-0.05, 0) is 39.8 Å². The van der Waals surface area contributed by atoms with Crippen LogP contribution in [0, 0.1) is 11.3 Å². The minimum Gasteiger partial charge on any atom is -0.463 e. The number of rotatable bonds is 15. The van der Waals surface area contributed by atoms with E-state index in [2.05, 4.69) is 53.4 Å². The van der Waals surface area contributed by atoms with E-state index in [1.807, 2.05) is 28.2 Å². The third kappa shape index (κ3) is 8.40. The summed E-state index contributed by atoms with van der Waals surface area (Å²) in [4.78, 5) is 22.0. The lowest BCUT2D eigenvalue weighted by Crippen LogP contribution is -2.36. The molecular weight excluding hydrogens is 599 g/mol. The Kier molecular flexibility index (Phi) is 12.0. The molecule has 45 heavy (non-hydrogen) atoms. The molecule has 0 amide bonds. The zero-order chi connectivity index (χ0) is 32.7. The summed E-state index contributed by atoms with van der Waals surface area (Å²) >= 11 is 0. The largest absolute Gasteiger partial charge is 0.463 e. The van der Waals surface area contributed by atoms with Crippen molar-refractivity contribution in [2.24, 2.45) is 9.98 Å². The molecule has 0 aliphatic carbocycles. The second kappa shape index (κ2) is 15.7. The summed E-state index contributed by atoms with van der Waals surface area (Å²) < 4.78 is 28.6. The van der Waals surface area contributed by atoms with Crippen LogP contribution in [0.5, 0.6) is 0 Å². The molecule has 0 saturated carbocycles. The van der Waals surface area contributed by atoms with Crippen LogP contribution in [-0.2, 0) is 13.8 Å². The summed E-state index contributed by atoms with van der Waals surface area (Å²) in [5, 5.41) is 24.9. The number of aliphatic hydroxyl groups is 1. The summed E-state index contributed by atoms with van der Waals surface area (Å²) in [6, 6.07) is 5.95. The van der Waals surface area contributed by atoms with Gasteiger partial charge in [-0.2, -0.15) is 20.3 Å². The second-order valence-corrected chi connectivity index (χ2v) is 12.9. The molecule has 4 heterocycles. The fraction of sp³-hybridized carbons (Fsp3) is 0.586. The fourth-order valence-electron chi connectivity index (χ4n) is 4.82. The summed E-state index contributed by atoms with van der Waals surface area (Å²) in [6.07, 6.45) is 3.56. The molecule has 4 atom stereocenters. The summed E-state index contributed by atoms with van der Waals surface area (Å²) in [7, 11) is 5.87. The Labute approximate surface area is 265 Å². The Morgan fingerprint density at radius 2 is 1.87 bits per heavy atom. The smallest absolute Gasteiger partial charge is 0.259 e. The fourth-order valence-corrected chi connectivity index (χ4v) is 6.58. The van der Waals surface area contributed by atoms with Crippen LogP contribution in [0.3, 0.4) is 0 Å². The number of aliphatic hydroxyl groups excluding tert-OH is 1. The Morgan fingerprint density at radius 3 is 2.47 bits per heavy atom. The van der Waals surface area contributed by atoms with Crippen LogP contribution >= 0.6 is 8.53 Å². The molecular formula is C29H43N10O5P. The Hall–Kier alpha value is -3.51. The van der Waals surface area contributed by atoms with E-state index >= 15 is 0 Å². The van der Waals surface area contributed by atoms with Gasteiger partial charge in [0.1, 0.15) is 11.8 Å². The number of aromatic nitrogens is 4. The van der Waals surface area contributed by atoms with Crippen molar-refractivity contribution in [2.45, 2.75) is 71.1 Å². The summed E-state index contributed by atoms with van der Waals surface area (Å²) in [5.41, 5.74) is 0.930. The number of furan rings is 1. The number of aliphatic imine (C=N–C) groups is 2. The van der Waals surface area contributed by atoms with Crippen molar-refractivity contribution >= 4 is 44.0 Å². The maximum atomic E-state index is 10.4. The van der Waals surface area contributed by atoms with Crippen molar-refractivity contribution in [3.63, 3.8) is 0 Å². The average molecular weight is 643 g/mol. The van der Waals surface area contributed by atoms with Gasteiger partial charge in [-0.15, -0.1) is 0 Å². The van der Waals surface area contributed by atoms with Crippen molar-refractivity contribution in [2.75, 3.05) is 41.4 Å². The van der Waals surface area contributed by atoms with E-state index in [9.17, 15) is 5.11 Å². The number of nitrogens with zero attached hydrogens (tertiary/aromatic N) is 10. The minimum atomic E-state index is -1.56. The molecule has 1 aliphatic heterocycles. The quantitative estimate of drug-likeness (QED) is 0.107. The third-order valence-corrected chi connectivity index (χ3v) is 8.77. The summed E-state index contributed by atoms with van der Waals surface area (Å²) in [5.74, 6) is 1.06. The highest BCUT2D eigenvalue weighted by Crippen LogP contribution is 2.50. The molecule has 244 valence electrons. The summed E-state index contributed by atoms with van der Waals surface area (Å²) in [6.45, 7) is 8.25. The van der Waals surface area contributed by atoms with E-state index in [1.54, 1.807) is 45.6 Å². The van der Waals surface area contributed by atoms with Crippen molar-refractivity contribution in [1.29, 1.82) is 5.26 Å². The van der Waals surface area contributed by atoms with Crippen molar-refractivity contribution in [3.05, 3.63) is 18.4 Å². The first-order chi connectivity index (χ1) is 21.5. The monoisotopic (exact) mass is 642 g/mol. The maximum Gasteiger partial charge on any atom is 0.259 e. The van der Waals surface area contributed by atoms with Crippen molar-refractivity contribution in [1.82, 2.24) is 34.2 Å². The standard InChI is InChI=1S/C29H43N10O5P/c1-19(2)39(20(3)4)45(42-14-10-12-30)44-22-15-24(43-23(22)16-40)38-28-25(26(35-38)21-11-9-13-41-21)27(31-17-36(5)6)33-29(34-28)32-18-37(7)8/h9,11,13,17-20,22-24,40H,10,14-16H2,1-8H3/b31-17-,32-18+. The predicted octanol–water partition coefficient (Wildman–Crippen LogP) is 4.47. The van der Waals surface area contributed by atoms with Crippen LogP contribution in [0.25, 0.3) is 22.5 Å². The predicted molar refractivity (Wildman–Crippen MR) is 172 cm³/mol. The van der Waals surface area contributed by atoms with Gasteiger partial charge >= 0.3 is 0 Å². The molecule has 0 aromatic carbocycles. The number of ether oxygens (including phenoxy) is 1. The molecule has 0 radical (unpaired) electrons. The van der Waals surface area contributed by atoms with Gasteiger partial charge in [0.25, 0.3) is 14.5 Å². The molecule has 15 nitrogen and oxygen atoms in total. The topological polar surface area (TPSA) is 163 Å². The van der Waals surface area contributed by atoms with Gasteiger partial charge in [0.2, 0.25) is 0 Å². The molecule has 4 rings (SSSR count). The molecule has 0 spiro atoms. The van der Waals surface area contributed by atoms with Gasteiger partial charge in [0.05, 0.1) is 56.1 Å². The van der Waals surface area contributed by atoms with Crippen LogP contribution in [0.4, 0.5) is 11.8 Å². The molecule has 1 N–H and O–H groups in total. The normalized spacial score (nSPS) is 19.6. The lowest BCUT2D eigenvalue weighted by Gasteiger charge is -2.37. The molecule has 1 fully saturated rings. The Morgan fingerprint density at radius 1 is 1.16 bits per heavy atom. The van der Waals surface area contributed by atoms with Gasteiger partial charge in [-0.25, -0.2) is 19.3 Å². The van der Waals surface area contributed by atoms with Gasteiger partial charge in [0.15, 0.2) is 23.5 Å². The lowest BCUT2D eigenvalue weighted by atomic mass is 10.2. The lowest BCUT2D eigenvalue weighted by molar-refractivity contribution is -0.0450. The highest BCUT2D eigenvalue weighted by Gasteiger charge is 2.42. The molecule has 3 aromatic rings. The van der Waals surface area contributed by atoms with Crippen molar-refractivity contribution in [3.8, 4) is 17.5 Å². The molecule has 1 aliphatic rings. The zero-order valence-electron chi connectivity index (χ0n) is 27.1. The highest BCUT2D eigenvalue weighted by atomic mass is 31.2. The van der Waals surface area contributed by atoms with E-state index in [0.29, 0.717) is 34.7 Å². The Bertz CT molecular complexity index is 1480. The van der Waals surface area contributed by atoms with E-state index in [1.165, 1.54) is 0 Å². The van der Waals surface area contributed by atoms with E-state index in [0.717, 1.165) is 0 Å². The molecule has 3 aromatic heterocycles. The first-order valence-electron chi connectivity index (χ1n) is 14.8. The average Bonchev–Trinajstić information content (AvgIpc) is 3.73. The number of hydrogen-bond acceptors (Lipinski definition) is 12. The molecule has 1 saturated heterocycles. The molecule has 16 heteroatoms. The number of fused-ring (bicyclic) bond motifs is 1. The number of hydrogen-bond donors (Lipinski definition) is 1. The first kappa shape index (κ1) is 34.4. The zero-order valence-corrected chi connectivity index (χ0v) is 28.0. The second-order valence-electron chi connectivity index (χ2n) is 11.5. The van der Waals surface area contributed by atoms with Crippen LogP contribution in [-0.4, -0.2) is 118 Å². The minimum absolute atomic E-state index is 0.119. The molecule has 4 unspecified atom stereocenters. The third-order valence-electron chi connectivity index (χ3n) is 6.61. The molecule has 0 bridgehead atoms. The first-order valence-corrected chi connectivity index (χ1v) is 15.9. The van der Waals surface area contributed by atoms with E-state index in [-0.39, 0.29) is 37.7 Å². The van der Waals surface area contributed by atoms with Gasteiger partial charge in [-0.3, -0.25) is 0 Å².